The summed E-state index contributed by atoms with van der Waals surface area (Å²) in [5, 5.41) is 4.27. The van der Waals surface area contributed by atoms with Gasteiger partial charge in [0.05, 0.1) is 11.9 Å². The molecule has 6 heteroatoms. The molecule has 0 saturated heterocycles. The molecule has 0 unspecified atom stereocenters. The van der Waals surface area contributed by atoms with Gasteiger partial charge in [0.1, 0.15) is 5.82 Å². The number of aromatic nitrogens is 4. The molecule has 0 spiro atoms. The first-order valence-corrected chi connectivity index (χ1v) is 9.71. The zero-order chi connectivity index (χ0) is 20.1. The molecule has 0 N–H and O–H groups in total. The molecule has 6 nitrogen and oxygen atoms in total. The lowest BCUT2D eigenvalue weighted by molar-refractivity contribution is 0.0785. The van der Waals surface area contributed by atoms with Crippen molar-refractivity contribution in [3.05, 3.63) is 65.4 Å². The van der Waals surface area contributed by atoms with Crippen molar-refractivity contribution in [3.63, 3.8) is 0 Å². The van der Waals surface area contributed by atoms with Crippen molar-refractivity contribution in [2.24, 2.45) is 0 Å². The summed E-state index contributed by atoms with van der Waals surface area (Å²) in [6, 6.07) is 7.70. The maximum Gasteiger partial charge on any atom is 0.253 e. The molecular weight excluding hydrogens is 350 g/mol. The molecule has 0 saturated carbocycles. The summed E-state index contributed by atoms with van der Waals surface area (Å²) in [4.78, 5) is 23.6. The lowest BCUT2D eigenvalue weighted by Gasteiger charge is -2.17. The normalized spacial score (nSPS) is 10.9. The van der Waals surface area contributed by atoms with Crippen LogP contribution < -0.4 is 0 Å². The maximum absolute atomic E-state index is 13.0. The van der Waals surface area contributed by atoms with Crippen molar-refractivity contribution in [1.29, 1.82) is 0 Å². The van der Waals surface area contributed by atoms with Gasteiger partial charge in [0.15, 0.2) is 0 Å². The summed E-state index contributed by atoms with van der Waals surface area (Å²) in [5.74, 6) is 0.713. The minimum atomic E-state index is -0.0195. The molecule has 1 aromatic carbocycles. The van der Waals surface area contributed by atoms with Crippen LogP contribution in [0.2, 0.25) is 0 Å². The number of carbonyl (C=O) groups excluding carboxylic acids is 1. The third-order valence-corrected chi connectivity index (χ3v) is 4.66. The third kappa shape index (κ3) is 4.44. The lowest BCUT2D eigenvalue weighted by Crippen LogP contribution is -2.26. The Morgan fingerprint density at radius 3 is 2.75 bits per heavy atom. The van der Waals surface area contributed by atoms with Gasteiger partial charge in [-0.15, -0.1) is 0 Å². The van der Waals surface area contributed by atoms with Gasteiger partial charge in [-0.2, -0.15) is 5.10 Å². The van der Waals surface area contributed by atoms with E-state index in [2.05, 4.69) is 22.0 Å². The Hall–Kier alpha value is -3.02. The first kappa shape index (κ1) is 19.7. The monoisotopic (exact) mass is 377 g/mol. The standard InChI is InChI=1S/C22H27N5O/c1-5-8-20-13-23-16(3)25-21(20)18-9-7-10-19(11-18)22(28)26(4)14-17-12-24-27(6-2)15-17/h7,9-13,15H,5-6,8,14H2,1-4H3. The Bertz CT molecular complexity index is 963. The summed E-state index contributed by atoms with van der Waals surface area (Å²) in [5.41, 5.74) is 4.65. The Morgan fingerprint density at radius 2 is 2.04 bits per heavy atom. The van der Waals surface area contributed by atoms with Crippen molar-refractivity contribution in [2.45, 2.75) is 46.7 Å². The largest absolute Gasteiger partial charge is 0.337 e. The van der Waals surface area contributed by atoms with Crippen LogP contribution in [-0.2, 0) is 19.5 Å². The predicted octanol–water partition coefficient (Wildman–Crippen LogP) is 3.89. The maximum atomic E-state index is 13.0. The van der Waals surface area contributed by atoms with Crippen molar-refractivity contribution in [2.75, 3.05) is 7.05 Å². The van der Waals surface area contributed by atoms with Crippen LogP contribution in [-0.4, -0.2) is 37.6 Å². The van der Waals surface area contributed by atoms with E-state index in [1.807, 2.05) is 68.4 Å². The molecule has 3 rings (SSSR count). The Balaban J connectivity index is 1.84. The van der Waals surface area contributed by atoms with Gasteiger partial charge in [-0.05, 0) is 38.0 Å². The Labute approximate surface area is 166 Å². The molecule has 146 valence electrons. The van der Waals surface area contributed by atoms with Gasteiger partial charge in [0.2, 0.25) is 0 Å². The molecular formula is C22H27N5O. The molecule has 0 atom stereocenters. The molecule has 0 aliphatic heterocycles. The van der Waals surface area contributed by atoms with Crippen molar-refractivity contribution in [1.82, 2.24) is 24.6 Å². The first-order chi connectivity index (χ1) is 13.5. The van der Waals surface area contributed by atoms with E-state index < -0.39 is 0 Å². The molecule has 0 aliphatic rings. The molecule has 1 amide bonds. The average Bonchev–Trinajstić information content (AvgIpc) is 3.16. The zero-order valence-corrected chi connectivity index (χ0v) is 17.0. The second kappa shape index (κ2) is 8.78. The highest BCUT2D eigenvalue weighted by molar-refractivity contribution is 5.95. The highest BCUT2D eigenvalue weighted by Crippen LogP contribution is 2.24. The van der Waals surface area contributed by atoms with Crippen molar-refractivity contribution < 1.29 is 4.79 Å². The fourth-order valence-electron chi connectivity index (χ4n) is 3.22. The molecule has 2 heterocycles. The molecule has 2 aromatic heterocycles. The molecule has 0 aliphatic carbocycles. The summed E-state index contributed by atoms with van der Waals surface area (Å²) in [7, 11) is 1.82. The number of benzene rings is 1. The van der Waals surface area contributed by atoms with Gasteiger partial charge >= 0.3 is 0 Å². The van der Waals surface area contributed by atoms with Crippen LogP contribution >= 0.6 is 0 Å². The van der Waals surface area contributed by atoms with Gasteiger partial charge in [0, 0.05) is 49.2 Å². The van der Waals surface area contributed by atoms with Crippen molar-refractivity contribution >= 4 is 5.91 Å². The molecule has 3 aromatic rings. The van der Waals surface area contributed by atoms with E-state index in [4.69, 9.17) is 0 Å². The van der Waals surface area contributed by atoms with Gasteiger partial charge in [-0.1, -0.05) is 25.5 Å². The Morgan fingerprint density at radius 1 is 1.21 bits per heavy atom. The van der Waals surface area contributed by atoms with E-state index in [-0.39, 0.29) is 5.91 Å². The number of carbonyl (C=O) groups is 1. The summed E-state index contributed by atoms with van der Waals surface area (Å²) < 4.78 is 1.86. The topological polar surface area (TPSA) is 63.9 Å². The van der Waals surface area contributed by atoms with E-state index in [1.54, 1.807) is 4.90 Å². The number of aryl methyl sites for hydroxylation is 3. The van der Waals surface area contributed by atoms with Crippen LogP contribution in [0.4, 0.5) is 0 Å². The van der Waals surface area contributed by atoms with Gasteiger partial charge in [-0.25, -0.2) is 9.97 Å². The van der Waals surface area contributed by atoms with Crippen molar-refractivity contribution in [3.8, 4) is 11.3 Å². The van der Waals surface area contributed by atoms with Crippen LogP contribution in [0.25, 0.3) is 11.3 Å². The highest BCUT2D eigenvalue weighted by atomic mass is 16.2. The summed E-state index contributed by atoms with van der Waals surface area (Å²) in [6.07, 6.45) is 7.61. The fourth-order valence-corrected chi connectivity index (χ4v) is 3.22. The Kier molecular flexibility index (Phi) is 6.19. The minimum absolute atomic E-state index is 0.0195. The second-order valence-corrected chi connectivity index (χ2v) is 6.99. The molecule has 0 bridgehead atoms. The van der Waals surface area contributed by atoms with Gasteiger partial charge in [-0.3, -0.25) is 9.48 Å². The average molecular weight is 377 g/mol. The van der Waals surface area contributed by atoms with E-state index in [1.165, 1.54) is 0 Å². The van der Waals surface area contributed by atoms with Crippen LogP contribution in [0, 0.1) is 6.92 Å². The zero-order valence-electron chi connectivity index (χ0n) is 17.0. The SMILES string of the molecule is CCCc1cnc(C)nc1-c1cccc(C(=O)N(C)Cc2cnn(CC)c2)c1. The summed E-state index contributed by atoms with van der Waals surface area (Å²) >= 11 is 0. The first-order valence-electron chi connectivity index (χ1n) is 9.71. The molecule has 0 fully saturated rings. The molecule has 28 heavy (non-hydrogen) atoms. The predicted molar refractivity (Wildman–Crippen MR) is 110 cm³/mol. The second-order valence-electron chi connectivity index (χ2n) is 6.99. The third-order valence-electron chi connectivity index (χ3n) is 4.66. The van der Waals surface area contributed by atoms with Gasteiger partial charge < -0.3 is 4.90 Å². The van der Waals surface area contributed by atoms with Crippen LogP contribution in [0.1, 0.15) is 47.6 Å². The van der Waals surface area contributed by atoms with Gasteiger partial charge in [0.25, 0.3) is 5.91 Å². The number of nitrogens with zero attached hydrogens (tertiary/aromatic N) is 5. The number of rotatable bonds is 7. The minimum Gasteiger partial charge on any atom is -0.337 e. The van der Waals surface area contributed by atoms with Crippen LogP contribution in [0.15, 0.2) is 42.9 Å². The van der Waals surface area contributed by atoms with E-state index in [9.17, 15) is 4.79 Å². The quantitative estimate of drug-likeness (QED) is 0.626. The van der Waals surface area contributed by atoms with E-state index in [0.717, 1.165) is 47.6 Å². The number of hydrogen-bond donors (Lipinski definition) is 0. The fraction of sp³-hybridized carbons (Fsp3) is 0.364. The number of hydrogen-bond acceptors (Lipinski definition) is 4. The smallest absolute Gasteiger partial charge is 0.253 e. The van der Waals surface area contributed by atoms with E-state index in [0.29, 0.717) is 12.1 Å². The summed E-state index contributed by atoms with van der Waals surface area (Å²) in [6.45, 7) is 7.41. The van der Waals surface area contributed by atoms with Crippen LogP contribution in [0.3, 0.4) is 0 Å². The van der Waals surface area contributed by atoms with E-state index >= 15 is 0 Å². The molecule has 0 radical (unpaired) electrons. The highest BCUT2D eigenvalue weighted by Gasteiger charge is 2.15. The van der Waals surface area contributed by atoms with Crippen LogP contribution in [0.5, 0.6) is 0 Å². The number of amides is 1. The lowest BCUT2D eigenvalue weighted by atomic mass is 10.0.